The fraction of sp³-hybridized carbons (Fsp3) is 0.769. The molecule has 0 aliphatic rings. The Morgan fingerprint density at radius 3 is 1.52 bits per heavy atom. The maximum atomic E-state index is 11.8. The summed E-state index contributed by atoms with van der Waals surface area (Å²) in [6.07, 6.45) is 21.9. The van der Waals surface area contributed by atoms with E-state index >= 15 is 0 Å². The zero-order chi connectivity index (χ0) is 22.1. The summed E-state index contributed by atoms with van der Waals surface area (Å²) in [5.74, 6) is 0. The van der Waals surface area contributed by atoms with E-state index in [4.69, 9.17) is 0 Å². The van der Waals surface area contributed by atoms with Crippen molar-refractivity contribution in [2.75, 3.05) is 0 Å². The minimum atomic E-state index is -4.15. The molecule has 5 heteroatoms. The Hall–Kier alpha value is -0.910. The summed E-state index contributed by atoms with van der Waals surface area (Å²) in [4.78, 5) is 0.102. The highest BCUT2D eigenvalue weighted by Crippen LogP contribution is 2.22. The minimum absolute atomic E-state index is 0. The molecule has 0 aliphatic heterocycles. The Balaban J connectivity index is 0.00000900. The molecular weight excluding hydrogens is 406 g/mol. The van der Waals surface area contributed by atoms with Crippen LogP contribution in [-0.4, -0.2) is 13.0 Å². The second kappa shape index (κ2) is 18.6. The molecule has 0 aliphatic carbocycles. The normalized spacial score (nSPS) is 11.5. The molecule has 1 rings (SSSR count). The van der Waals surface area contributed by atoms with Crippen LogP contribution in [0.15, 0.2) is 23.1 Å². The van der Waals surface area contributed by atoms with E-state index in [1.165, 1.54) is 89.0 Å². The Kier molecular flexibility index (Phi) is 18.1. The molecule has 0 bridgehead atoms. The van der Waals surface area contributed by atoms with Crippen LogP contribution in [0, 0.1) is 0 Å². The first-order valence-electron chi connectivity index (χ1n) is 12.6. The van der Waals surface area contributed by atoms with Crippen LogP contribution in [0.5, 0.6) is 0 Å². The number of hydrogen-bond donors (Lipinski definition) is 2. The minimum Gasteiger partial charge on any atom is -0.344 e. The lowest BCUT2D eigenvalue weighted by Crippen LogP contribution is -2.04. The van der Waals surface area contributed by atoms with Gasteiger partial charge in [0.25, 0.3) is 10.1 Å². The highest BCUT2D eigenvalue weighted by molar-refractivity contribution is 7.85. The average Bonchev–Trinajstić information content (AvgIpc) is 2.71. The maximum Gasteiger partial charge on any atom is 0.294 e. The fourth-order valence-corrected chi connectivity index (χ4v) is 4.88. The van der Waals surface area contributed by atoms with Crippen LogP contribution in [-0.2, 0) is 23.0 Å². The fourth-order valence-electron chi connectivity index (χ4n) is 4.15. The summed E-state index contributed by atoms with van der Waals surface area (Å²) in [5.41, 5.74) is 1.99. The largest absolute Gasteiger partial charge is 0.344 e. The Bertz CT molecular complexity index is 659. The zero-order valence-corrected chi connectivity index (χ0v) is 21.2. The molecule has 1 aromatic rings. The molecular formula is C26H49NO3S. The number of aryl methyl sites for hydroxylation is 2. The van der Waals surface area contributed by atoms with Crippen LogP contribution >= 0.6 is 0 Å². The van der Waals surface area contributed by atoms with Gasteiger partial charge in [-0.1, -0.05) is 116 Å². The molecule has 182 valence electrons. The van der Waals surface area contributed by atoms with Crippen molar-refractivity contribution in [1.29, 1.82) is 0 Å². The molecule has 0 saturated heterocycles. The first kappa shape index (κ1) is 30.1. The van der Waals surface area contributed by atoms with E-state index in [1.807, 2.05) is 12.1 Å². The molecule has 0 spiro atoms. The van der Waals surface area contributed by atoms with E-state index in [1.54, 1.807) is 6.07 Å². The van der Waals surface area contributed by atoms with Crippen molar-refractivity contribution in [3.8, 4) is 0 Å². The van der Waals surface area contributed by atoms with Gasteiger partial charge in [0.2, 0.25) is 0 Å². The monoisotopic (exact) mass is 455 g/mol. The number of hydrogen-bond acceptors (Lipinski definition) is 3. The lowest BCUT2D eigenvalue weighted by Gasteiger charge is -2.10. The van der Waals surface area contributed by atoms with Crippen LogP contribution in [0.3, 0.4) is 0 Å². The molecule has 0 atom stereocenters. The van der Waals surface area contributed by atoms with Gasteiger partial charge >= 0.3 is 0 Å². The SMILES string of the molecule is CCCCCCCCCCc1ccc(S(=O)(=O)O)c(CCCCCCCCCC)c1.N. The van der Waals surface area contributed by atoms with Gasteiger partial charge in [-0.05, 0) is 42.9 Å². The molecule has 4 nitrogen and oxygen atoms in total. The van der Waals surface area contributed by atoms with E-state index in [9.17, 15) is 13.0 Å². The molecule has 0 amide bonds. The van der Waals surface area contributed by atoms with E-state index in [-0.39, 0.29) is 11.0 Å². The van der Waals surface area contributed by atoms with Gasteiger partial charge in [-0.25, -0.2) is 0 Å². The first-order chi connectivity index (χ1) is 14.5. The quantitative estimate of drug-likeness (QED) is 0.162. The van der Waals surface area contributed by atoms with Crippen molar-refractivity contribution in [2.45, 2.75) is 134 Å². The van der Waals surface area contributed by atoms with Gasteiger partial charge in [-0.3, -0.25) is 4.55 Å². The van der Waals surface area contributed by atoms with Crippen molar-refractivity contribution in [1.82, 2.24) is 6.15 Å². The maximum absolute atomic E-state index is 11.8. The number of unbranched alkanes of at least 4 members (excludes halogenated alkanes) is 14. The molecule has 0 saturated carbocycles. The van der Waals surface area contributed by atoms with E-state index in [0.717, 1.165) is 37.7 Å². The van der Waals surface area contributed by atoms with Crippen LogP contribution < -0.4 is 6.15 Å². The van der Waals surface area contributed by atoms with E-state index in [0.29, 0.717) is 0 Å². The van der Waals surface area contributed by atoms with Crippen LogP contribution in [0.4, 0.5) is 0 Å². The second-order valence-corrected chi connectivity index (χ2v) is 10.3. The van der Waals surface area contributed by atoms with Gasteiger partial charge in [-0.2, -0.15) is 8.42 Å². The summed E-state index contributed by atoms with van der Waals surface area (Å²) in [5, 5.41) is 0. The van der Waals surface area contributed by atoms with Gasteiger partial charge < -0.3 is 6.15 Å². The lowest BCUT2D eigenvalue weighted by molar-refractivity contribution is 0.481. The van der Waals surface area contributed by atoms with Gasteiger partial charge in [0.05, 0.1) is 4.90 Å². The van der Waals surface area contributed by atoms with Crippen molar-refractivity contribution in [3.05, 3.63) is 29.3 Å². The topological polar surface area (TPSA) is 89.4 Å². The lowest BCUT2D eigenvalue weighted by atomic mass is 9.99. The van der Waals surface area contributed by atoms with Crippen molar-refractivity contribution in [2.24, 2.45) is 0 Å². The smallest absolute Gasteiger partial charge is 0.294 e. The van der Waals surface area contributed by atoms with Crippen molar-refractivity contribution >= 4 is 10.1 Å². The Morgan fingerprint density at radius 1 is 0.645 bits per heavy atom. The van der Waals surface area contributed by atoms with Crippen LogP contribution in [0.2, 0.25) is 0 Å². The summed E-state index contributed by atoms with van der Waals surface area (Å²) < 4.78 is 33.1. The third-order valence-corrected chi connectivity index (χ3v) is 6.98. The Labute approximate surface area is 192 Å². The third-order valence-electron chi connectivity index (χ3n) is 6.02. The predicted octanol–water partition coefficient (Wildman–Crippen LogP) is 8.46. The molecule has 0 fully saturated rings. The third kappa shape index (κ3) is 14.7. The summed E-state index contributed by atoms with van der Waals surface area (Å²) in [6.45, 7) is 4.48. The van der Waals surface area contributed by atoms with Gasteiger partial charge in [0.15, 0.2) is 0 Å². The summed E-state index contributed by atoms with van der Waals surface area (Å²) in [6, 6.07) is 5.50. The standard InChI is InChI=1S/C26H46O3S.H3N/c1-3-5-7-9-11-13-15-17-19-24-21-22-26(30(27,28)29)25(23-24)20-18-16-14-12-10-8-6-4-2;/h21-23H,3-20H2,1-2H3,(H,27,28,29);1H3. The highest BCUT2D eigenvalue weighted by Gasteiger charge is 2.15. The average molecular weight is 456 g/mol. The van der Waals surface area contributed by atoms with Crippen LogP contribution in [0.25, 0.3) is 0 Å². The highest BCUT2D eigenvalue weighted by atomic mass is 32.2. The molecule has 31 heavy (non-hydrogen) atoms. The second-order valence-electron chi connectivity index (χ2n) is 8.87. The first-order valence-corrected chi connectivity index (χ1v) is 14.0. The zero-order valence-electron chi connectivity index (χ0n) is 20.3. The number of benzene rings is 1. The van der Waals surface area contributed by atoms with Crippen molar-refractivity contribution in [3.63, 3.8) is 0 Å². The molecule has 0 aromatic heterocycles. The van der Waals surface area contributed by atoms with Gasteiger partial charge in [0.1, 0.15) is 0 Å². The molecule has 0 heterocycles. The summed E-state index contributed by atoms with van der Waals surface area (Å²) in [7, 11) is -4.15. The molecule has 4 N–H and O–H groups in total. The molecule has 1 aromatic carbocycles. The van der Waals surface area contributed by atoms with Crippen LogP contribution in [0.1, 0.15) is 128 Å². The van der Waals surface area contributed by atoms with Gasteiger partial charge in [0, 0.05) is 0 Å². The number of rotatable bonds is 19. The molecule has 0 unspecified atom stereocenters. The molecule has 0 radical (unpaired) electrons. The van der Waals surface area contributed by atoms with E-state index < -0.39 is 10.1 Å². The van der Waals surface area contributed by atoms with Crippen molar-refractivity contribution < 1.29 is 13.0 Å². The van der Waals surface area contributed by atoms with Gasteiger partial charge in [-0.15, -0.1) is 0 Å². The van der Waals surface area contributed by atoms with E-state index in [2.05, 4.69) is 13.8 Å². The predicted molar refractivity (Wildman–Crippen MR) is 134 cm³/mol. The Morgan fingerprint density at radius 2 is 1.06 bits per heavy atom. The summed E-state index contributed by atoms with van der Waals surface area (Å²) >= 11 is 0.